The van der Waals surface area contributed by atoms with Crippen LogP contribution in [0.2, 0.25) is 0 Å². The topological polar surface area (TPSA) is 37.9 Å². The quantitative estimate of drug-likeness (QED) is 0.251. The van der Waals surface area contributed by atoms with Gasteiger partial charge in [-0.3, -0.25) is 0 Å². The molecule has 3 nitrogen and oxygen atoms in total. The van der Waals surface area contributed by atoms with Crippen molar-refractivity contribution in [2.24, 2.45) is 0 Å². The molecule has 1 aromatic heterocycles. The number of thioether (sulfide) groups is 1. The summed E-state index contributed by atoms with van der Waals surface area (Å²) in [6.07, 6.45) is 0.958. The first kappa shape index (κ1) is 20.3. The maximum atomic E-state index is 5.98. The van der Waals surface area contributed by atoms with Crippen molar-refractivity contribution < 1.29 is 4.74 Å². The van der Waals surface area contributed by atoms with E-state index in [-0.39, 0.29) is 0 Å². The fraction of sp³-hybridized carbons (Fsp3) is 0.192. The Labute approximate surface area is 182 Å². The van der Waals surface area contributed by atoms with Crippen LogP contribution in [-0.2, 0) is 0 Å². The summed E-state index contributed by atoms with van der Waals surface area (Å²) in [7, 11) is 0. The van der Waals surface area contributed by atoms with E-state index < -0.39 is 0 Å². The van der Waals surface area contributed by atoms with Crippen LogP contribution in [0, 0.1) is 13.8 Å². The van der Waals surface area contributed by atoms with Gasteiger partial charge in [0.25, 0.3) is 0 Å². The van der Waals surface area contributed by atoms with Crippen LogP contribution < -0.4 is 4.74 Å². The number of rotatable bonds is 8. The summed E-state index contributed by atoms with van der Waals surface area (Å²) in [5.41, 5.74) is 6.74. The van der Waals surface area contributed by atoms with Gasteiger partial charge in [-0.1, -0.05) is 84.6 Å². The first-order chi connectivity index (χ1) is 14.7. The van der Waals surface area contributed by atoms with Gasteiger partial charge >= 0.3 is 0 Å². The Bertz CT molecular complexity index is 1030. The molecule has 0 spiro atoms. The normalized spacial score (nSPS) is 10.9. The van der Waals surface area contributed by atoms with Crippen molar-refractivity contribution in [2.45, 2.75) is 25.4 Å². The Balaban J connectivity index is 1.42. The maximum Gasteiger partial charge on any atom is 0.166 e. The highest BCUT2D eigenvalue weighted by Gasteiger charge is 2.14. The highest BCUT2D eigenvalue weighted by Crippen LogP contribution is 2.32. The van der Waals surface area contributed by atoms with Gasteiger partial charge in [0.05, 0.1) is 18.0 Å². The number of aryl methyl sites for hydroxylation is 2. The van der Waals surface area contributed by atoms with Gasteiger partial charge in [0.1, 0.15) is 5.75 Å². The second-order valence-corrected chi connectivity index (χ2v) is 8.40. The number of nitrogens with zero attached hydrogens (tertiary/aromatic N) is 1. The van der Waals surface area contributed by atoms with Crippen LogP contribution in [0.15, 0.2) is 84.0 Å². The molecule has 4 aromatic rings. The molecule has 0 aliphatic carbocycles. The lowest BCUT2D eigenvalue weighted by atomic mass is 10.1. The van der Waals surface area contributed by atoms with Gasteiger partial charge in [0.2, 0.25) is 0 Å². The van der Waals surface area contributed by atoms with Crippen molar-refractivity contribution in [1.29, 1.82) is 0 Å². The average molecular weight is 415 g/mol. The molecule has 152 valence electrons. The molecule has 1 heterocycles. The average Bonchev–Trinajstić information content (AvgIpc) is 3.21. The summed E-state index contributed by atoms with van der Waals surface area (Å²) in [6.45, 7) is 4.88. The molecule has 0 saturated heterocycles. The Morgan fingerprint density at radius 2 is 1.57 bits per heavy atom. The van der Waals surface area contributed by atoms with E-state index in [0.29, 0.717) is 6.61 Å². The number of hydrogen-bond acceptors (Lipinski definition) is 3. The fourth-order valence-corrected chi connectivity index (χ4v) is 4.10. The summed E-state index contributed by atoms with van der Waals surface area (Å²) < 4.78 is 5.98. The number of hydrogen-bond donors (Lipinski definition) is 1. The summed E-state index contributed by atoms with van der Waals surface area (Å²) in [6, 6.07) is 27.1. The molecule has 3 aromatic carbocycles. The first-order valence-corrected chi connectivity index (χ1v) is 11.2. The molecule has 4 heteroatoms. The number of imidazole rings is 1. The molecule has 0 bridgehead atoms. The fourth-order valence-electron chi connectivity index (χ4n) is 3.31. The van der Waals surface area contributed by atoms with Gasteiger partial charge in [-0.15, -0.1) is 0 Å². The molecule has 0 aliphatic rings. The highest BCUT2D eigenvalue weighted by molar-refractivity contribution is 7.99. The third kappa shape index (κ3) is 4.95. The minimum atomic E-state index is 0.703. The zero-order chi connectivity index (χ0) is 20.8. The number of ether oxygens (including phenoxy) is 1. The van der Waals surface area contributed by atoms with Crippen molar-refractivity contribution in [3.05, 3.63) is 90.0 Å². The van der Waals surface area contributed by atoms with Gasteiger partial charge in [-0.2, -0.15) is 0 Å². The molecule has 4 rings (SSSR count). The molecule has 1 N–H and O–H groups in total. The van der Waals surface area contributed by atoms with Crippen LogP contribution in [0.4, 0.5) is 0 Å². The van der Waals surface area contributed by atoms with E-state index in [1.165, 1.54) is 11.1 Å². The third-order valence-electron chi connectivity index (χ3n) is 4.92. The van der Waals surface area contributed by atoms with E-state index in [1.807, 2.05) is 12.1 Å². The van der Waals surface area contributed by atoms with E-state index in [1.54, 1.807) is 11.8 Å². The lowest BCUT2D eigenvalue weighted by Crippen LogP contribution is -2.00. The predicted molar refractivity (Wildman–Crippen MR) is 126 cm³/mol. The molecule has 0 unspecified atom stereocenters. The first-order valence-electron chi connectivity index (χ1n) is 10.2. The molecular formula is C26H26N2OS. The van der Waals surface area contributed by atoms with Crippen molar-refractivity contribution in [2.75, 3.05) is 12.4 Å². The summed E-state index contributed by atoms with van der Waals surface area (Å²) >= 11 is 1.74. The molecular weight excluding hydrogens is 388 g/mol. The molecule has 0 radical (unpaired) electrons. The van der Waals surface area contributed by atoms with Crippen LogP contribution in [-0.4, -0.2) is 22.3 Å². The van der Waals surface area contributed by atoms with Gasteiger partial charge in [0.15, 0.2) is 5.16 Å². The molecule has 0 saturated carbocycles. The molecule has 30 heavy (non-hydrogen) atoms. The van der Waals surface area contributed by atoms with E-state index >= 15 is 0 Å². The van der Waals surface area contributed by atoms with Gasteiger partial charge < -0.3 is 9.72 Å². The van der Waals surface area contributed by atoms with E-state index in [4.69, 9.17) is 9.72 Å². The Morgan fingerprint density at radius 3 is 2.30 bits per heavy atom. The largest absolute Gasteiger partial charge is 0.493 e. The second kappa shape index (κ2) is 9.68. The van der Waals surface area contributed by atoms with Crippen LogP contribution >= 0.6 is 11.8 Å². The van der Waals surface area contributed by atoms with Crippen LogP contribution in [0.25, 0.3) is 22.5 Å². The van der Waals surface area contributed by atoms with Gasteiger partial charge in [-0.05, 0) is 37.5 Å². The Morgan fingerprint density at radius 1 is 0.867 bits per heavy atom. The lowest BCUT2D eigenvalue weighted by Gasteiger charge is -2.09. The lowest BCUT2D eigenvalue weighted by molar-refractivity contribution is 0.316. The number of nitrogens with one attached hydrogen (secondary N) is 1. The molecule has 0 fully saturated rings. The summed E-state index contributed by atoms with van der Waals surface area (Å²) in [5, 5.41) is 0.944. The monoisotopic (exact) mass is 414 g/mol. The zero-order valence-corrected chi connectivity index (χ0v) is 18.2. The SMILES string of the molecule is Cc1ccc(C)c(OCCCSc2nc(-c3ccccc3)c(-c3ccccc3)[nH]2)c1. The molecule has 0 aliphatic heterocycles. The number of aromatic nitrogens is 2. The molecule has 0 atom stereocenters. The maximum absolute atomic E-state index is 5.98. The van der Waals surface area contributed by atoms with E-state index in [0.717, 1.165) is 45.6 Å². The second-order valence-electron chi connectivity index (χ2n) is 7.32. The van der Waals surface area contributed by atoms with E-state index in [9.17, 15) is 0 Å². The minimum Gasteiger partial charge on any atom is -0.493 e. The minimum absolute atomic E-state index is 0.703. The Kier molecular flexibility index (Phi) is 6.55. The van der Waals surface area contributed by atoms with Crippen molar-refractivity contribution >= 4 is 11.8 Å². The standard InChI is InChI=1S/C26H26N2OS/c1-19-14-15-20(2)23(18-19)29-16-9-17-30-26-27-24(21-10-5-3-6-11-21)25(28-26)22-12-7-4-8-13-22/h3-8,10-15,18H,9,16-17H2,1-2H3,(H,27,28). The smallest absolute Gasteiger partial charge is 0.166 e. The number of aromatic amines is 1. The highest BCUT2D eigenvalue weighted by atomic mass is 32.2. The summed E-state index contributed by atoms with van der Waals surface area (Å²) in [5.74, 6) is 1.93. The summed E-state index contributed by atoms with van der Waals surface area (Å²) in [4.78, 5) is 8.44. The number of benzene rings is 3. The third-order valence-corrected chi connectivity index (χ3v) is 5.88. The van der Waals surface area contributed by atoms with Crippen molar-refractivity contribution in [3.63, 3.8) is 0 Å². The van der Waals surface area contributed by atoms with Crippen LogP contribution in [0.5, 0.6) is 5.75 Å². The van der Waals surface area contributed by atoms with Crippen LogP contribution in [0.1, 0.15) is 17.5 Å². The van der Waals surface area contributed by atoms with Crippen molar-refractivity contribution in [3.8, 4) is 28.3 Å². The predicted octanol–water partition coefficient (Wildman–Crippen LogP) is 6.92. The van der Waals surface area contributed by atoms with E-state index in [2.05, 4.69) is 85.6 Å². The van der Waals surface area contributed by atoms with Crippen LogP contribution in [0.3, 0.4) is 0 Å². The number of H-pyrrole nitrogens is 1. The zero-order valence-electron chi connectivity index (χ0n) is 17.4. The Hall–Kier alpha value is -2.98. The van der Waals surface area contributed by atoms with Gasteiger partial charge in [0, 0.05) is 16.9 Å². The molecule has 0 amide bonds. The van der Waals surface area contributed by atoms with Gasteiger partial charge in [-0.25, -0.2) is 4.98 Å². The van der Waals surface area contributed by atoms with Crippen molar-refractivity contribution in [1.82, 2.24) is 9.97 Å².